The van der Waals surface area contributed by atoms with Crippen LogP contribution in [-0.2, 0) is 20.3 Å². The average molecular weight is 517 g/mol. The molecule has 0 spiro atoms. The van der Waals surface area contributed by atoms with Gasteiger partial charge in [0, 0.05) is 0 Å². The van der Waals surface area contributed by atoms with Gasteiger partial charge in [-0.05, 0) is 0 Å². The van der Waals surface area contributed by atoms with E-state index >= 15 is 0 Å². The van der Waals surface area contributed by atoms with Crippen molar-refractivity contribution in [3.63, 3.8) is 0 Å². The van der Waals surface area contributed by atoms with Crippen LogP contribution in [0, 0.1) is 0 Å². The fraction of sp³-hybridized carbons (Fsp3) is 0.448. The normalized spacial score (nSPS) is 13.5. The van der Waals surface area contributed by atoms with Crippen molar-refractivity contribution in [2.24, 2.45) is 0 Å². The zero-order valence-corrected chi connectivity index (χ0v) is 23.2. The van der Waals surface area contributed by atoms with Gasteiger partial charge in [-0.1, -0.05) is 0 Å². The van der Waals surface area contributed by atoms with Crippen LogP contribution in [0.5, 0.6) is 5.75 Å². The second-order valence-corrected chi connectivity index (χ2v) is 17.2. The predicted octanol–water partition coefficient (Wildman–Crippen LogP) is 8.32. The summed E-state index contributed by atoms with van der Waals surface area (Å²) >= 11 is 0. The van der Waals surface area contributed by atoms with E-state index in [1.165, 1.54) is 12.1 Å². The number of rotatable bonds is 14. The van der Waals surface area contributed by atoms with E-state index in [0.717, 1.165) is 62.6 Å². The molecule has 1 N–H and O–H groups in total. The van der Waals surface area contributed by atoms with E-state index in [0.29, 0.717) is 16.9 Å². The molecule has 0 saturated carbocycles. The summed E-state index contributed by atoms with van der Waals surface area (Å²) in [6, 6.07) is 20.4. The second-order valence-electron chi connectivity index (χ2n) is 9.89. The van der Waals surface area contributed by atoms with Crippen LogP contribution in [-0.4, -0.2) is 32.0 Å². The molecule has 0 radical (unpaired) electrons. The first-order valence-corrected chi connectivity index (χ1v) is 17.3. The van der Waals surface area contributed by atoms with E-state index in [1.807, 2.05) is 18.2 Å². The number of phenolic OH excluding ortho intramolecular Hbond substituents is 1. The van der Waals surface area contributed by atoms with E-state index < -0.39 is 16.9 Å². The van der Waals surface area contributed by atoms with Crippen molar-refractivity contribution in [1.29, 1.82) is 0 Å². The van der Waals surface area contributed by atoms with Gasteiger partial charge in [0.2, 0.25) is 0 Å². The van der Waals surface area contributed by atoms with Gasteiger partial charge in [-0.15, -0.1) is 0 Å². The summed E-state index contributed by atoms with van der Waals surface area (Å²) in [6.07, 6.45) is 8.95. The molecule has 0 heterocycles. The standard InChI is InChI=1S/C29H41O4PS/c1-4-7-21-34(22-8-5-2,23-9-6-3,24-25-15-11-10-12-16-25)33-35(31,32)29-20-19-28(30)26-17-13-14-18-27(26)29/h10-20,30H,4-9,21-24H2,1-3H3. The van der Waals surface area contributed by atoms with E-state index in [4.69, 9.17) is 3.97 Å². The van der Waals surface area contributed by atoms with Crippen molar-refractivity contribution >= 4 is 27.7 Å². The molecule has 0 bridgehead atoms. The topological polar surface area (TPSA) is 63.6 Å². The Hall–Kier alpha value is -1.94. The molecule has 0 saturated heterocycles. The van der Waals surface area contributed by atoms with Crippen LogP contribution in [0.15, 0.2) is 71.6 Å². The minimum atomic E-state index is -4.08. The maximum atomic E-state index is 14.2. The molecule has 0 fully saturated rings. The molecule has 0 aromatic heterocycles. The Bertz CT molecular complexity index is 1180. The first-order chi connectivity index (χ1) is 16.8. The minimum absolute atomic E-state index is 0.0734. The molecule has 0 atom stereocenters. The summed E-state index contributed by atoms with van der Waals surface area (Å²) in [4.78, 5) is 0.150. The molecule has 35 heavy (non-hydrogen) atoms. The number of unbranched alkanes of at least 4 members (excludes halogenated alkanes) is 3. The monoisotopic (exact) mass is 516 g/mol. The first-order valence-electron chi connectivity index (χ1n) is 13.0. The fourth-order valence-corrected chi connectivity index (χ4v) is 15.2. The molecular formula is C29H41O4PS. The molecule has 0 aliphatic rings. The number of phenols is 1. The van der Waals surface area contributed by atoms with E-state index in [-0.39, 0.29) is 10.6 Å². The molecule has 0 aliphatic heterocycles. The van der Waals surface area contributed by atoms with Gasteiger partial charge in [0.25, 0.3) is 0 Å². The van der Waals surface area contributed by atoms with Crippen molar-refractivity contribution < 1.29 is 17.5 Å². The number of hydrogen-bond donors (Lipinski definition) is 1. The molecule has 4 nitrogen and oxygen atoms in total. The van der Waals surface area contributed by atoms with E-state index in [1.54, 1.807) is 24.3 Å². The molecule has 6 heteroatoms. The number of benzene rings is 3. The maximum absolute atomic E-state index is 14.2. The van der Waals surface area contributed by atoms with Crippen molar-refractivity contribution in [3.05, 3.63) is 72.3 Å². The Morgan fingerprint density at radius 1 is 0.714 bits per heavy atom. The van der Waals surface area contributed by atoms with Crippen LogP contribution in [0.2, 0.25) is 0 Å². The molecular weight excluding hydrogens is 475 g/mol. The summed E-state index contributed by atoms with van der Waals surface area (Å²) in [7, 11) is -4.08. The quantitative estimate of drug-likeness (QED) is 0.219. The second kappa shape index (κ2) is 11.9. The zero-order valence-electron chi connectivity index (χ0n) is 21.4. The van der Waals surface area contributed by atoms with E-state index in [2.05, 4.69) is 32.9 Å². The summed E-state index contributed by atoms with van der Waals surface area (Å²) in [6.45, 7) is 3.26. The van der Waals surface area contributed by atoms with Crippen LogP contribution in [0.1, 0.15) is 64.9 Å². The number of aromatic hydroxyl groups is 1. The Kier molecular flexibility index (Phi) is 9.37. The molecule has 0 unspecified atom stereocenters. The van der Waals surface area contributed by atoms with Gasteiger partial charge in [-0.3, -0.25) is 0 Å². The van der Waals surface area contributed by atoms with Gasteiger partial charge >= 0.3 is 212 Å². The summed E-state index contributed by atoms with van der Waals surface area (Å²) in [5.74, 6) is 0.0734. The summed E-state index contributed by atoms with van der Waals surface area (Å²) < 4.78 is 35.2. The van der Waals surface area contributed by atoms with Gasteiger partial charge in [-0.25, -0.2) is 0 Å². The van der Waals surface area contributed by atoms with Crippen LogP contribution < -0.4 is 0 Å². The van der Waals surface area contributed by atoms with Crippen LogP contribution in [0.3, 0.4) is 0 Å². The third-order valence-corrected chi connectivity index (χ3v) is 16.0. The van der Waals surface area contributed by atoms with Gasteiger partial charge < -0.3 is 0 Å². The van der Waals surface area contributed by atoms with E-state index in [9.17, 15) is 13.5 Å². The fourth-order valence-electron chi connectivity index (χ4n) is 5.22. The van der Waals surface area contributed by atoms with Gasteiger partial charge in [-0.2, -0.15) is 0 Å². The third-order valence-electron chi connectivity index (χ3n) is 7.10. The Balaban J connectivity index is 2.22. The van der Waals surface area contributed by atoms with Crippen LogP contribution in [0.25, 0.3) is 10.8 Å². The van der Waals surface area contributed by atoms with Crippen LogP contribution >= 0.6 is 6.83 Å². The predicted molar refractivity (Wildman–Crippen MR) is 150 cm³/mol. The van der Waals surface area contributed by atoms with Gasteiger partial charge in [0.15, 0.2) is 0 Å². The molecule has 3 rings (SSSR count). The van der Waals surface area contributed by atoms with Crippen molar-refractivity contribution in [3.8, 4) is 5.75 Å². The first kappa shape index (κ1) is 27.6. The Labute approximate surface area is 211 Å². The zero-order chi connectivity index (χ0) is 25.4. The van der Waals surface area contributed by atoms with Crippen molar-refractivity contribution in [2.45, 2.75) is 70.4 Å². The van der Waals surface area contributed by atoms with Crippen LogP contribution in [0.4, 0.5) is 0 Å². The SMILES string of the molecule is CCCCP(CCCC)(CCCC)(Cc1ccccc1)OS(=O)(=O)c1ccc(O)c2ccccc12. The Morgan fingerprint density at radius 2 is 1.23 bits per heavy atom. The van der Waals surface area contributed by atoms with Gasteiger partial charge in [0.05, 0.1) is 0 Å². The molecule has 0 amide bonds. The number of fused-ring (bicyclic) bond motifs is 1. The molecule has 192 valence electrons. The average Bonchev–Trinajstić information content (AvgIpc) is 2.86. The molecule has 3 aromatic carbocycles. The Morgan fingerprint density at radius 3 is 1.77 bits per heavy atom. The van der Waals surface area contributed by atoms with Crippen molar-refractivity contribution in [1.82, 2.24) is 0 Å². The summed E-state index contributed by atoms with van der Waals surface area (Å²) in [5, 5.41) is 11.4. The molecule has 3 aromatic rings. The number of hydrogen-bond acceptors (Lipinski definition) is 4. The van der Waals surface area contributed by atoms with Crippen molar-refractivity contribution in [2.75, 3.05) is 18.5 Å². The van der Waals surface area contributed by atoms with Gasteiger partial charge in [0.1, 0.15) is 0 Å². The summed E-state index contributed by atoms with van der Waals surface area (Å²) in [5.41, 5.74) is 1.15. The molecule has 0 aliphatic carbocycles. The third kappa shape index (κ3) is 6.44.